The summed E-state index contributed by atoms with van der Waals surface area (Å²) >= 11 is 0. The molecule has 1 rings (SSSR count). The number of nitrogens with one attached hydrogen (secondary N) is 1. The van der Waals surface area contributed by atoms with Crippen molar-refractivity contribution in [3.8, 4) is 0 Å². The molecule has 0 radical (unpaired) electrons. The number of aryl methyl sites for hydroxylation is 2. The van der Waals surface area contributed by atoms with Crippen LogP contribution in [-0.4, -0.2) is 28.0 Å². The molecule has 0 unspecified atom stereocenters. The molecule has 0 aliphatic rings. The van der Waals surface area contributed by atoms with Gasteiger partial charge in [0.15, 0.2) is 5.89 Å². The molecule has 0 bridgehead atoms. The summed E-state index contributed by atoms with van der Waals surface area (Å²) in [6.45, 7) is 4.61. The van der Waals surface area contributed by atoms with E-state index in [0.717, 1.165) is 0 Å². The zero-order chi connectivity index (χ0) is 11.6. The predicted octanol–water partition coefficient (Wildman–Crippen LogP) is 0.494. The average Bonchev–Trinajstić information content (AvgIpc) is 2.44. The van der Waals surface area contributed by atoms with Gasteiger partial charge < -0.3 is 14.8 Å². The lowest BCUT2D eigenvalue weighted by molar-refractivity contribution is -0.138. The Kier molecular flexibility index (Phi) is 3.08. The fraction of sp³-hybridized carbons (Fsp3) is 0.444. The molecule has 0 saturated heterocycles. The van der Waals surface area contributed by atoms with Crippen molar-refractivity contribution in [3.63, 3.8) is 0 Å². The summed E-state index contributed by atoms with van der Waals surface area (Å²) < 4.78 is 5.04. The molecule has 1 aromatic heterocycles. The number of carbonyl (C=O) groups excluding carboxylic acids is 1. The number of amides is 1. The number of aromatic nitrogens is 1. The van der Waals surface area contributed by atoms with Crippen LogP contribution in [0.4, 0.5) is 0 Å². The van der Waals surface area contributed by atoms with Crippen molar-refractivity contribution in [2.24, 2.45) is 0 Å². The van der Waals surface area contributed by atoms with Gasteiger partial charge in [-0.25, -0.2) is 4.98 Å². The van der Waals surface area contributed by atoms with E-state index in [9.17, 15) is 9.59 Å². The van der Waals surface area contributed by atoms with Gasteiger partial charge in [-0.2, -0.15) is 0 Å². The van der Waals surface area contributed by atoms with Crippen LogP contribution < -0.4 is 5.32 Å². The topological polar surface area (TPSA) is 92.4 Å². The van der Waals surface area contributed by atoms with Gasteiger partial charge in [0.25, 0.3) is 5.91 Å². The van der Waals surface area contributed by atoms with E-state index in [2.05, 4.69) is 10.3 Å². The number of carbonyl (C=O) groups is 2. The van der Waals surface area contributed by atoms with Gasteiger partial charge in [0.2, 0.25) is 5.76 Å². The third-order valence-electron chi connectivity index (χ3n) is 1.83. The average molecular weight is 212 g/mol. The van der Waals surface area contributed by atoms with Gasteiger partial charge in [-0.1, -0.05) is 0 Å². The monoisotopic (exact) mass is 212 g/mol. The minimum atomic E-state index is -1.10. The third kappa shape index (κ3) is 2.55. The Morgan fingerprint density at radius 1 is 1.47 bits per heavy atom. The van der Waals surface area contributed by atoms with Crippen LogP contribution >= 0.6 is 0 Å². The zero-order valence-electron chi connectivity index (χ0n) is 8.70. The molecule has 6 nitrogen and oxygen atoms in total. The third-order valence-corrected chi connectivity index (χ3v) is 1.83. The molecule has 0 spiro atoms. The quantitative estimate of drug-likeness (QED) is 0.760. The van der Waals surface area contributed by atoms with E-state index in [0.29, 0.717) is 11.6 Å². The highest BCUT2D eigenvalue weighted by atomic mass is 16.4. The fourth-order valence-corrected chi connectivity index (χ4v) is 1.07. The Bertz CT molecular complexity index is 397. The second-order valence-electron chi connectivity index (χ2n) is 3.18. The van der Waals surface area contributed by atoms with Crippen LogP contribution in [0.1, 0.15) is 29.1 Å². The Hall–Kier alpha value is -1.85. The second-order valence-corrected chi connectivity index (χ2v) is 3.18. The standard InChI is InChI=1S/C9H12N2O4/c1-4-7(15-6(3)10-4)8(12)11-5(2)9(13)14/h5H,1-3H3,(H,11,12)(H,13,14)/t5-/m1/s1. The lowest BCUT2D eigenvalue weighted by Gasteiger charge is -2.07. The number of carboxylic acids is 1. The van der Waals surface area contributed by atoms with E-state index in [1.54, 1.807) is 13.8 Å². The van der Waals surface area contributed by atoms with E-state index in [-0.39, 0.29) is 5.76 Å². The largest absolute Gasteiger partial charge is 0.480 e. The number of oxazole rings is 1. The first-order valence-corrected chi connectivity index (χ1v) is 4.39. The minimum Gasteiger partial charge on any atom is -0.480 e. The summed E-state index contributed by atoms with van der Waals surface area (Å²) in [4.78, 5) is 25.9. The van der Waals surface area contributed by atoms with E-state index in [1.165, 1.54) is 6.92 Å². The summed E-state index contributed by atoms with van der Waals surface area (Å²) in [6, 6.07) is -0.956. The van der Waals surface area contributed by atoms with Crippen molar-refractivity contribution in [1.82, 2.24) is 10.3 Å². The highest BCUT2D eigenvalue weighted by Gasteiger charge is 2.20. The van der Waals surface area contributed by atoms with Crippen molar-refractivity contribution in [2.45, 2.75) is 26.8 Å². The van der Waals surface area contributed by atoms with Gasteiger partial charge in [-0.15, -0.1) is 0 Å². The maximum atomic E-state index is 11.5. The lowest BCUT2D eigenvalue weighted by Crippen LogP contribution is -2.38. The van der Waals surface area contributed by atoms with E-state index in [1.807, 2.05) is 0 Å². The number of carboxylic acid groups (broad SMARTS) is 1. The summed E-state index contributed by atoms with van der Waals surface area (Å²) in [5, 5.41) is 10.9. The van der Waals surface area contributed by atoms with Crippen LogP contribution in [-0.2, 0) is 4.79 Å². The first-order chi connectivity index (χ1) is 6.91. The number of rotatable bonds is 3. The summed E-state index contributed by atoms with van der Waals surface area (Å²) in [5.74, 6) is -1.23. The Balaban J connectivity index is 2.77. The molecule has 15 heavy (non-hydrogen) atoms. The molecule has 6 heteroatoms. The van der Waals surface area contributed by atoms with Gasteiger partial charge in [-0.3, -0.25) is 9.59 Å². The molecule has 0 saturated carbocycles. The summed E-state index contributed by atoms with van der Waals surface area (Å²) in [5.41, 5.74) is 0.447. The predicted molar refractivity (Wildman–Crippen MR) is 50.5 cm³/mol. The molecule has 2 N–H and O–H groups in total. The maximum Gasteiger partial charge on any atom is 0.325 e. The van der Waals surface area contributed by atoms with Crippen LogP contribution in [0.25, 0.3) is 0 Å². The lowest BCUT2D eigenvalue weighted by atomic mass is 10.3. The molecule has 1 atom stereocenters. The molecule has 82 valence electrons. The van der Waals surface area contributed by atoms with E-state index in [4.69, 9.17) is 9.52 Å². The molecular weight excluding hydrogens is 200 g/mol. The van der Waals surface area contributed by atoms with Gasteiger partial charge >= 0.3 is 5.97 Å². The second kappa shape index (κ2) is 4.12. The molecule has 0 aliphatic carbocycles. The Morgan fingerprint density at radius 2 is 2.07 bits per heavy atom. The van der Waals surface area contributed by atoms with Crippen molar-refractivity contribution >= 4 is 11.9 Å². The fourth-order valence-electron chi connectivity index (χ4n) is 1.07. The summed E-state index contributed by atoms with van der Waals surface area (Å²) in [6.07, 6.45) is 0. The molecule has 0 aromatic carbocycles. The molecule has 1 heterocycles. The Labute approximate surface area is 86.3 Å². The highest BCUT2D eigenvalue weighted by molar-refractivity contribution is 5.94. The van der Waals surface area contributed by atoms with Crippen molar-refractivity contribution in [3.05, 3.63) is 17.3 Å². The number of nitrogens with zero attached hydrogens (tertiary/aromatic N) is 1. The van der Waals surface area contributed by atoms with Crippen molar-refractivity contribution < 1.29 is 19.1 Å². The summed E-state index contributed by atoms with van der Waals surface area (Å²) in [7, 11) is 0. The normalized spacial score (nSPS) is 12.2. The van der Waals surface area contributed by atoms with Gasteiger partial charge in [0.05, 0.1) is 5.69 Å². The van der Waals surface area contributed by atoms with E-state index >= 15 is 0 Å². The molecule has 0 aliphatic heterocycles. The van der Waals surface area contributed by atoms with Gasteiger partial charge in [-0.05, 0) is 13.8 Å². The van der Waals surface area contributed by atoms with Crippen LogP contribution in [0.5, 0.6) is 0 Å². The van der Waals surface area contributed by atoms with Crippen LogP contribution in [0.3, 0.4) is 0 Å². The molecule has 0 fully saturated rings. The number of hydrogen-bond donors (Lipinski definition) is 2. The first kappa shape index (κ1) is 11.2. The number of aliphatic carboxylic acids is 1. The molecule has 1 aromatic rings. The first-order valence-electron chi connectivity index (χ1n) is 4.39. The minimum absolute atomic E-state index is 0.0561. The van der Waals surface area contributed by atoms with Crippen LogP contribution in [0.15, 0.2) is 4.42 Å². The van der Waals surface area contributed by atoms with Crippen molar-refractivity contribution in [1.29, 1.82) is 0 Å². The van der Waals surface area contributed by atoms with Gasteiger partial charge in [0.1, 0.15) is 6.04 Å². The van der Waals surface area contributed by atoms with Gasteiger partial charge in [0, 0.05) is 6.92 Å². The Morgan fingerprint density at radius 3 is 2.47 bits per heavy atom. The van der Waals surface area contributed by atoms with Crippen LogP contribution in [0, 0.1) is 13.8 Å². The zero-order valence-corrected chi connectivity index (χ0v) is 8.70. The number of hydrogen-bond acceptors (Lipinski definition) is 4. The highest BCUT2D eigenvalue weighted by Crippen LogP contribution is 2.09. The molecular formula is C9H12N2O4. The van der Waals surface area contributed by atoms with E-state index < -0.39 is 17.9 Å². The van der Waals surface area contributed by atoms with Crippen LogP contribution in [0.2, 0.25) is 0 Å². The SMILES string of the molecule is Cc1nc(C)c(C(=O)N[C@H](C)C(=O)O)o1. The molecule has 1 amide bonds. The smallest absolute Gasteiger partial charge is 0.325 e. The maximum absolute atomic E-state index is 11.5. The van der Waals surface area contributed by atoms with Crippen molar-refractivity contribution in [2.75, 3.05) is 0 Å².